The van der Waals surface area contributed by atoms with Gasteiger partial charge >= 0.3 is 0 Å². The summed E-state index contributed by atoms with van der Waals surface area (Å²) in [6.45, 7) is 0. The molecule has 0 aromatic heterocycles. The van der Waals surface area contributed by atoms with Crippen LogP contribution >= 0.6 is 0 Å². The van der Waals surface area contributed by atoms with Crippen LogP contribution in [0.5, 0.6) is 5.75 Å². The van der Waals surface area contributed by atoms with Gasteiger partial charge in [-0.1, -0.05) is 42.5 Å². The number of methoxy groups -OCH3 is 1. The van der Waals surface area contributed by atoms with Gasteiger partial charge in [-0.05, 0) is 29.7 Å². The Morgan fingerprint density at radius 3 is 2.35 bits per heavy atom. The summed E-state index contributed by atoms with van der Waals surface area (Å²) in [6.07, 6.45) is 0.598. The third-order valence-electron chi connectivity index (χ3n) is 3.04. The van der Waals surface area contributed by atoms with Gasteiger partial charge in [0.2, 0.25) is 0 Å². The molecule has 2 atom stereocenters. The standard InChI is InChI=1S/C15H17NO3S/c1-19-14-9-7-13(8-10-14)15(16-20(17)18)11-12-5-3-2-4-6-12/h2-10,15-16H,11H2,1H3,(H,17,18)/p-1. The fourth-order valence-corrected chi connectivity index (χ4v) is 2.48. The molecule has 0 spiro atoms. The molecule has 0 aliphatic heterocycles. The van der Waals surface area contributed by atoms with Crippen LogP contribution in [0.1, 0.15) is 17.2 Å². The molecule has 2 aromatic carbocycles. The van der Waals surface area contributed by atoms with Crippen LogP contribution in [0.15, 0.2) is 54.6 Å². The Labute approximate surface area is 121 Å². The van der Waals surface area contributed by atoms with Gasteiger partial charge in [0.15, 0.2) is 0 Å². The van der Waals surface area contributed by atoms with E-state index >= 15 is 0 Å². The topological polar surface area (TPSA) is 61.4 Å². The van der Waals surface area contributed by atoms with Gasteiger partial charge in [-0.2, -0.15) is 0 Å². The van der Waals surface area contributed by atoms with Gasteiger partial charge in [-0.25, -0.2) is 4.72 Å². The van der Waals surface area contributed by atoms with E-state index in [9.17, 15) is 8.76 Å². The first kappa shape index (κ1) is 14.7. The van der Waals surface area contributed by atoms with Crippen LogP contribution in [0.4, 0.5) is 0 Å². The largest absolute Gasteiger partial charge is 0.760 e. The number of rotatable bonds is 6. The summed E-state index contributed by atoms with van der Waals surface area (Å²) in [5, 5.41) is 0. The number of nitrogens with one attached hydrogen (secondary N) is 1. The lowest BCUT2D eigenvalue weighted by Crippen LogP contribution is -2.25. The van der Waals surface area contributed by atoms with E-state index in [2.05, 4.69) is 4.72 Å². The fourth-order valence-electron chi connectivity index (χ4n) is 2.03. The van der Waals surface area contributed by atoms with E-state index < -0.39 is 11.3 Å². The second-order valence-corrected chi connectivity index (χ2v) is 5.07. The van der Waals surface area contributed by atoms with E-state index in [1.54, 1.807) is 7.11 Å². The minimum atomic E-state index is -2.31. The zero-order valence-electron chi connectivity index (χ0n) is 11.1. The molecule has 0 bridgehead atoms. The highest BCUT2D eigenvalue weighted by Crippen LogP contribution is 2.21. The number of hydrogen-bond donors (Lipinski definition) is 1. The molecule has 0 radical (unpaired) electrons. The Hall–Kier alpha value is -1.69. The monoisotopic (exact) mass is 290 g/mol. The van der Waals surface area contributed by atoms with Crippen molar-refractivity contribution >= 4 is 11.3 Å². The summed E-state index contributed by atoms with van der Waals surface area (Å²) < 4.78 is 29.6. The summed E-state index contributed by atoms with van der Waals surface area (Å²) in [7, 11) is 1.60. The molecule has 2 unspecified atom stereocenters. The van der Waals surface area contributed by atoms with Crippen molar-refractivity contribution in [1.29, 1.82) is 0 Å². The maximum atomic E-state index is 11.0. The van der Waals surface area contributed by atoms with Crippen molar-refractivity contribution in [3.05, 3.63) is 65.7 Å². The molecular weight excluding hydrogens is 274 g/mol. The quantitative estimate of drug-likeness (QED) is 0.831. The maximum Gasteiger partial charge on any atom is 0.118 e. The van der Waals surface area contributed by atoms with Crippen LogP contribution in [0.2, 0.25) is 0 Å². The normalized spacial score (nSPS) is 13.7. The van der Waals surface area contributed by atoms with Crippen LogP contribution in [0.3, 0.4) is 0 Å². The van der Waals surface area contributed by atoms with Gasteiger partial charge in [0, 0.05) is 17.3 Å². The van der Waals surface area contributed by atoms with Gasteiger partial charge in [-0.3, -0.25) is 4.21 Å². The highest BCUT2D eigenvalue weighted by atomic mass is 32.2. The first-order chi connectivity index (χ1) is 9.69. The Balaban J connectivity index is 2.19. The van der Waals surface area contributed by atoms with Gasteiger partial charge in [-0.15, -0.1) is 0 Å². The third kappa shape index (κ3) is 4.16. The van der Waals surface area contributed by atoms with Crippen molar-refractivity contribution in [3.63, 3.8) is 0 Å². The van der Waals surface area contributed by atoms with E-state index in [1.807, 2.05) is 54.6 Å². The Morgan fingerprint density at radius 2 is 1.80 bits per heavy atom. The average molecular weight is 290 g/mol. The Bertz CT molecular complexity index is 557. The Kier molecular flexibility index (Phi) is 5.29. The molecule has 5 heteroatoms. The zero-order valence-corrected chi connectivity index (χ0v) is 11.9. The molecule has 0 amide bonds. The van der Waals surface area contributed by atoms with Crippen LogP contribution in [-0.2, 0) is 17.7 Å². The summed E-state index contributed by atoms with van der Waals surface area (Å²) in [5.74, 6) is 0.746. The van der Waals surface area contributed by atoms with Crippen LogP contribution < -0.4 is 9.46 Å². The van der Waals surface area contributed by atoms with Crippen molar-refractivity contribution in [1.82, 2.24) is 4.72 Å². The summed E-state index contributed by atoms with van der Waals surface area (Å²) >= 11 is -2.31. The molecule has 0 saturated heterocycles. The van der Waals surface area contributed by atoms with Crippen molar-refractivity contribution in [2.45, 2.75) is 12.5 Å². The maximum absolute atomic E-state index is 11.0. The highest BCUT2D eigenvalue weighted by Gasteiger charge is 2.12. The van der Waals surface area contributed by atoms with Crippen LogP contribution in [0.25, 0.3) is 0 Å². The van der Waals surface area contributed by atoms with Crippen LogP contribution in [0, 0.1) is 0 Å². The molecule has 0 fully saturated rings. The van der Waals surface area contributed by atoms with Gasteiger partial charge in [0.05, 0.1) is 7.11 Å². The van der Waals surface area contributed by atoms with Gasteiger partial charge in [0.1, 0.15) is 5.75 Å². The lowest BCUT2D eigenvalue weighted by atomic mass is 10.00. The third-order valence-corrected chi connectivity index (χ3v) is 3.52. The van der Waals surface area contributed by atoms with Gasteiger partial charge < -0.3 is 9.29 Å². The van der Waals surface area contributed by atoms with Crippen molar-refractivity contribution in [2.75, 3.05) is 7.11 Å². The average Bonchev–Trinajstić information content (AvgIpc) is 2.47. The summed E-state index contributed by atoms with van der Waals surface area (Å²) in [6, 6.07) is 16.9. The molecule has 0 heterocycles. The molecule has 0 aliphatic carbocycles. The SMILES string of the molecule is COc1ccc(C(Cc2ccccc2)NS(=O)[O-])cc1. The number of ether oxygens (including phenoxy) is 1. The van der Waals surface area contributed by atoms with E-state index in [4.69, 9.17) is 4.74 Å². The van der Waals surface area contributed by atoms with Crippen LogP contribution in [-0.4, -0.2) is 15.9 Å². The van der Waals surface area contributed by atoms with Gasteiger partial charge in [0.25, 0.3) is 0 Å². The summed E-state index contributed by atoms with van der Waals surface area (Å²) in [5.41, 5.74) is 1.98. The molecule has 0 aliphatic rings. The highest BCUT2D eigenvalue weighted by molar-refractivity contribution is 7.77. The molecule has 4 nitrogen and oxygen atoms in total. The van der Waals surface area contributed by atoms with Crippen molar-refractivity contribution in [3.8, 4) is 5.75 Å². The molecule has 2 rings (SSSR count). The smallest absolute Gasteiger partial charge is 0.118 e. The van der Waals surface area contributed by atoms with Crippen molar-refractivity contribution < 1.29 is 13.5 Å². The zero-order chi connectivity index (χ0) is 14.4. The number of hydrogen-bond acceptors (Lipinski definition) is 3. The fraction of sp³-hybridized carbons (Fsp3) is 0.200. The minimum absolute atomic E-state index is 0.290. The lowest BCUT2D eigenvalue weighted by molar-refractivity contribution is 0.414. The molecule has 1 N–H and O–H groups in total. The molecule has 0 saturated carbocycles. The second-order valence-electron chi connectivity index (χ2n) is 4.37. The second kappa shape index (κ2) is 7.19. The molecule has 20 heavy (non-hydrogen) atoms. The van der Waals surface area contributed by atoms with E-state index in [-0.39, 0.29) is 6.04 Å². The lowest BCUT2D eigenvalue weighted by Gasteiger charge is -2.21. The first-order valence-corrected chi connectivity index (χ1v) is 7.30. The molecule has 2 aromatic rings. The molecule has 106 valence electrons. The Morgan fingerprint density at radius 1 is 1.15 bits per heavy atom. The first-order valence-electron chi connectivity index (χ1n) is 6.22. The summed E-state index contributed by atoms with van der Waals surface area (Å²) in [4.78, 5) is 0. The number of benzene rings is 2. The van der Waals surface area contributed by atoms with Crippen molar-refractivity contribution in [2.24, 2.45) is 0 Å². The van der Waals surface area contributed by atoms with E-state index in [0.29, 0.717) is 6.42 Å². The van der Waals surface area contributed by atoms with E-state index in [0.717, 1.165) is 16.9 Å². The minimum Gasteiger partial charge on any atom is -0.760 e. The predicted molar refractivity (Wildman–Crippen MR) is 77.9 cm³/mol. The van der Waals surface area contributed by atoms with E-state index in [1.165, 1.54) is 0 Å². The predicted octanol–water partition coefficient (Wildman–Crippen LogP) is 2.36. The molecular formula is C15H16NO3S-.